The first kappa shape index (κ1) is 15.4. The standard InChI is InChI=1S/C16H9BrN4O/c17-12-4-5-14(21-10-11(8-18)9-19)13(7-12)16(22)15-3-1-2-6-20-15/h1-7,10,21H. The molecule has 0 saturated heterocycles. The molecule has 0 unspecified atom stereocenters. The number of anilines is 1. The Balaban J connectivity index is 2.41. The molecule has 0 atom stereocenters. The van der Waals surface area contributed by atoms with Crippen LogP contribution in [0.15, 0.2) is 58.8 Å². The van der Waals surface area contributed by atoms with Gasteiger partial charge in [0.25, 0.3) is 0 Å². The molecule has 0 fully saturated rings. The van der Waals surface area contributed by atoms with Crippen LogP contribution in [0.4, 0.5) is 5.69 Å². The van der Waals surface area contributed by atoms with E-state index in [1.165, 1.54) is 6.20 Å². The van der Waals surface area contributed by atoms with Crippen LogP contribution in [0.3, 0.4) is 0 Å². The zero-order chi connectivity index (χ0) is 15.9. The Morgan fingerprint density at radius 2 is 2.00 bits per heavy atom. The van der Waals surface area contributed by atoms with Gasteiger partial charge in [-0.15, -0.1) is 0 Å². The molecule has 22 heavy (non-hydrogen) atoms. The number of hydrogen-bond acceptors (Lipinski definition) is 5. The van der Waals surface area contributed by atoms with E-state index in [0.717, 1.165) is 4.47 Å². The van der Waals surface area contributed by atoms with Gasteiger partial charge in [-0.1, -0.05) is 22.0 Å². The monoisotopic (exact) mass is 352 g/mol. The van der Waals surface area contributed by atoms with Gasteiger partial charge in [0.1, 0.15) is 23.4 Å². The summed E-state index contributed by atoms with van der Waals surface area (Å²) in [6.07, 6.45) is 2.81. The van der Waals surface area contributed by atoms with E-state index < -0.39 is 0 Å². The van der Waals surface area contributed by atoms with E-state index in [1.54, 1.807) is 54.7 Å². The lowest BCUT2D eigenvalue weighted by atomic mass is 10.1. The Hall–Kier alpha value is -2.96. The molecule has 0 saturated carbocycles. The van der Waals surface area contributed by atoms with Gasteiger partial charge in [-0.05, 0) is 30.3 Å². The lowest BCUT2D eigenvalue weighted by molar-refractivity contribution is 0.103. The molecule has 0 aliphatic carbocycles. The molecule has 0 radical (unpaired) electrons. The van der Waals surface area contributed by atoms with E-state index in [1.807, 2.05) is 0 Å². The molecule has 1 N–H and O–H groups in total. The van der Waals surface area contributed by atoms with Crippen LogP contribution >= 0.6 is 15.9 Å². The second kappa shape index (κ2) is 7.16. The van der Waals surface area contributed by atoms with Crippen molar-refractivity contribution >= 4 is 27.4 Å². The van der Waals surface area contributed by atoms with Gasteiger partial charge >= 0.3 is 0 Å². The number of pyridine rings is 1. The van der Waals surface area contributed by atoms with Gasteiger partial charge in [-0.3, -0.25) is 9.78 Å². The third kappa shape index (κ3) is 3.57. The lowest BCUT2D eigenvalue weighted by Crippen LogP contribution is -2.07. The average Bonchev–Trinajstić information content (AvgIpc) is 2.57. The number of aromatic nitrogens is 1. The number of carbonyl (C=O) groups excluding carboxylic acids is 1. The molecule has 0 amide bonds. The summed E-state index contributed by atoms with van der Waals surface area (Å²) in [5.74, 6) is -0.256. The van der Waals surface area contributed by atoms with Gasteiger partial charge in [-0.25, -0.2) is 0 Å². The van der Waals surface area contributed by atoms with Crippen LogP contribution in [-0.4, -0.2) is 10.8 Å². The van der Waals surface area contributed by atoms with E-state index in [-0.39, 0.29) is 11.4 Å². The van der Waals surface area contributed by atoms with E-state index in [9.17, 15) is 4.79 Å². The number of allylic oxidation sites excluding steroid dienone is 1. The Morgan fingerprint density at radius 3 is 2.64 bits per heavy atom. The summed E-state index contributed by atoms with van der Waals surface area (Å²) in [6.45, 7) is 0. The first-order valence-corrected chi connectivity index (χ1v) is 6.97. The van der Waals surface area contributed by atoms with Gasteiger partial charge in [0.05, 0.1) is 0 Å². The number of nitrogens with one attached hydrogen (secondary N) is 1. The molecule has 0 bridgehead atoms. The first-order valence-electron chi connectivity index (χ1n) is 6.18. The Morgan fingerprint density at radius 1 is 1.23 bits per heavy atom. The Bertz CT molecular complexity index is 800. The number of halogens is 1. The quantitative estimate of drug-likeness (QED) is 0.672. The van der Waals surface area contributed by atoms with Crippen LogP contribution in [-0.2, 0) is 0 Å². The van der Waals surface area contributed by atoms with Gasteiger partial charge in [-0.2, -0.15) is 10.5 Å². The van der Waals surface area contributed by atoms with Crippen LogP contribution < -0.4 is 5.32 Å². The van der Waals surface area contributed by atoms with E-state index in [2.05, 4.69) is 26.2 Å². The van der Waals surface area contributed by atoms with Crippen molar-refractivity contribution in [3.63, 3.8) is 0 Å². The second-order valence-corrected chi connectivity index (χ2v) is 5.08. The predicted molar refractivity (Wildman–Crippen MR) is 84.7 cm³/mol. The van der Waals surface area contributed by atoms with Crippen molar-refractivity contribution in [2.45, 2.75) is 0 Å². The summed E-state index contributed by atoms with van der Waals surface area (Å²) >= 11 is 3.32. The van der Waals surface area contributed by atoms with E-state index in [0.29, 0.717) is 16.9 Å². The average molecular weight is 353 g/mol. The minimum Gasteiger partial charge on any atom is -0.359 e. The minimum absolute atomic E-state index is 0.0841. The summed E-state index contributed by atoms with van der Waals surface area (Å²) in [6, 6.07) is 13.7. The SMILES string of the molecule is N#CC(C#N)=CNc1ccc(Br)cc1C(=O)c1ccccn1. The molecular weight excluding hydrogens is 344 g/mol. The fraction of sp³-hybridized carbons (Fsp3) is 0. The zero-order valence-electron chi connectivity index (χ0n) is 11.2. The summed E-state index contributed by atoms with van der Waals surface area (Å²) in [7, 11) is 0. The van der Waals surface area contributed by atoms with Crippen LogP contribution in [0, 0.1) is 22.7 Å². The highest BCUT2D eigenvalue weighted by Gasteiger charge is 2.15. The van der Waals surface area contributed by atoms with Crippen LogP contribution in [0.5, 0.6) is 0 Å². The highest BCUT2D eigenvalue weighted by Crippen LogP contribution is 2.23. The van der Waals surface area contributed by atoms with Crippen LogP contribution in [0.2, 0.25) is 0 Å². The maximum Gasteiger partial charge on any atom is 0.213 e. The lowest BCUT2D eigenvalue weighted by Gasteiger charge is -2.09. The third-order valence-corrected chi connectivity index (χ3v) is 3.23. The molecule has 0 aliphatic rings. The number of rotatable bonds is 4. The van der Waals surface area contributed by atoms with Crippen molar-refractivity contribution in [3.05, 3.63) is 70.1 Å². The van der Waals surface area contributed by atoms with Gasteiger partial charge in [0.15, 0.2) is 0 Å². The highest BCUT2D eigenvalue weighted by molar-refractivity contribution is 9.10. The molecule has 2 rings (SSSR count). The van der Waals surface area contributed by atoms with Gasteiger partial charge in [0.2, 0.25) is 5.78 Å². The molecule has 6 heteroatoms. The molecule has 2 aromatic rings. The topological polar surface area (TPSA) is 89.6 Å². The van der Waals surface area contributed by atoms with Crippen molar-refractivity contribution in [2.75, 3.05) is 5.32 Å². The van der Waals surface area contributed by atoms with Crippen molar-refractivity contribution < 1.29 is 4.79 Å². The minimum atomic E-state index is -0.256. The number of hydrogen-bond donors (Lipinski definition) is 1. The largest absolute Gasteiger partial charge is 0.359 e. The molecular formula is C16H9BrN4O. The number of nitriles is 2. The summed E-state index contributed by atoms with van der Waals surface area (Å²) < 4.78 is 0.738. The maximum absolute atomic E-state index is 12.5. The number of nitrogens with zero attached hydrogens (tertiary/aromatic N) is 3. The molecule has 106 valence electrons. The summed E-state index contributed by atoms with van der Waals surface area (Å²) in [5, 5.41) is 20.3. The van der Waals surface area contributed by atoms with Crippen molar-refractivity contribution in [2.24, 2.45) is 0 Å². The third-order valence-electron chi connectivity index (χ3n) is 2.74. The van der Waals surface area contributed by atoms with Crippen LogP contribution in [0.25, 0.3) is 0 Å². The second-order valence-electron chi connectivity index (χ2n) is 4.16. The Kier molecular flexibility index (Phi) is 5.02. The highest BCUT2D eigenvalue weighted by atomic mass is 79.9. The molecule has 1 aromatic heterocycles. The van der Waals surface area contributed by atoms with Crippen molar-refractivity contribution in [3.8, 4) is 12.1 Å². The zero-order valence-corrected chi connectivity index (χ0v) is 12.8. The summed E-state index contributed by atoms with van der Waals surface area (Å²) in [4.78, 5) is 16.6. The number of benzene rings is 1. The fourth-order valence-corrected chi connectivity index (χ4v) is 2.07. The van der Waals surface area contributed by atoms with Crippen LogP contribution in [0.1, 0.15) is 16.1 Å². The Labute approximate surface area is 135 Å². The van der Waals surface area contributed by atoms with Gasteiger partial charge in [0, 0.05) is 28.1 Å². The van der Waals surface area contributed by atoms with E-state index in [4.69, 9.17) is 10.5 Å². The smallest absolute Gasteiger partial charge is 0.213 e. The normalized spacial score (nSPS) is 9.23. The molecule has 1 aromatic carbocycles. The predicted octanol–water partition coefficient (Wildman–Crippen LogP) is 3.42. The number of ketones is 1. The molecule has 5 nitrogen and oxygen atoms in total. The molecule has 1 heterocycles. The number of carbonyl (C=O) groups is 1. The molecule has 0 aliphatic heterocycles. The van der Waals surface area contributed by atoms with Crippen molar-refractivity contribution in [1.29, 1.82) is 10.5 Å². The van der Waals surface area contributed by atoms with Crippen molar-refractivity contribution in [1.82, 2.24) is 4.98 Å². The van der Waals surface area contributed by atoms with E-state index >= 15 is 0 Å². The summed E-state index contributed by atoms with van der Waals surface area (Å²) in [5.41, 5.74) is 1.11. The molecule has 0 spiro atoms. The van der Waals surface area contributed by atoms with Gasteiger partial charge < -0.3 is 5.32 Å². The fourth-order valence-electron chi connectivity index (χ4n) is 1.70. The first-order chi connectivity index (χ1) is 10.7. The maximum atomic E-state index is 12.5.